The van der Waals surface area contributed by atoms with E-state index in [0.717, 1.165) is 11.8 Å². The molecule has 0 fully saturated rings. The van der Waals surface area contributed by atoms with E-state index in [1.807, 2.05) is 30.3 Å². The molecule has 92 valence electrons. The molecule has 0 aliphatic carbocycles. The molecule has 3 heteroatoms. The fourth-order valence-corrected chi connectivity index (χ4v) is 1.61. The Morgan fingerprint density at radius 1 is 1.06 bits per heavy atom. The van der Waals surface area contributed by atoms with Crippen molar-refractivity contribution in [2.45, 2.75) is 6.61 Å². The molecule has 0 unspecified atom stereocenters. The molecule has 2 aromatic carbocycles. The Bertz CT molecular complexity index is 521. The highest BCUT2D eigenvalue weighted by atomic mass is 16.5. The van der Waals surface area contributed by atoms with Gasteiger partial charge in [0.25, 0.3) is 0 Å². The molecule has 2 rings (SSSR count). The topological polar surface area (TPSA) is 35.5 Å². The Kier molecular flexibility index (Phi) is 3.97. The van der Waals surface area contributed by atoms with Gasteiger partial charge >= 0.3 is 0 Å². The smallest absolute Gasteiger partial charge is 0.161 e. The van der Waals surface area contributed by atoms with Crippen LogP contribution in [0.5, 0.6) is 11.5 Å². The normalized spacial score (nSPS) is 9.83. The third-order valence-electron chi connectivity index (χ3n) is 2.56. The summed E-state index contributed by atoms with van der Waals surface area (Å²) in [4.78, 5) is 10.7. The van der Waals surface area contributed by atoms with E-state index in [-0.39, 0.29) is 0 Å². The second-order valence-corrected chi connectivity index (χ2v) is 3.80. The number of hydrogen-bond donors (Lipinski definition) is 0. The maximum absolute atomic E-state index is 10.7. The lowest BCUT2D eigenvalue weighted by Crippen LogP contribution is -1.98. The highest BCUT2D eigenvalue weighted by molar-refractivity contribution is 5.76. The molecular weight excluding hydrogens is 229 g/mol. The van der Waals surface area contributed by atoms with Crippen LogP contribution in [-0.2, 0) is 6.61 Å². The van der Waals surface area contributed by atoms with Crippen molar-refractivity contribution in [1.82, 2.24) is 0 Å². The largest absolute Gasteiger partial charge is 0.493 e. The van der Waals surface area contributed by atoms with Gasteiger partial charge in [0.05, 0.1) is 7.11 Å². The minimum Gasteiger partial charge on any atom is -0.493 e. The van der Waals surface area contributed by atoms with Crippen LogP contribution in [0.4, 0.5) is 0 Å². The van der Waals surface area contributed by atoms with Crippen LogP contribution in [0, 0.1) is 0 Å². The quantitative estimate of drug-likeness (QED) is 0.598. The summed E-state index contributed by atoms with van der Waals surface area (Å²) in [5.41, 5.74) is 1.65. The van der Waals surface area contributed by atoms with Gasteiger partial charge in [0.2, 0.25) is 0 Å². The lowest BCUT2D eigenvalue weighted by atomic mass is 10.2. The molecule has 0 amide bonds. The molecule has 2 aromatic rings. The molecule has 0 radical (unpaired) electrons. The van der Waals surface area contributed by atoms with Crippen molar-refractivity contribution >= 4 is 6.29 Å². The van der Waals surface area contributed by atoms with Crippen molar-refractivity contribution in [2.75, 3.05) is 7.11 Å². The summed E-state index contributed by atoms with van der Waals surface area (Å²) < 4.78 is 10.9. The predicted molar refractivity (Wildman–Crippen MR) is 69.2 cm³/mol. The molecule has 0 N–H and O–H groups in total. The van der Waals surface area contributed by atoms with Gasteiger partial charge in [-0.05, 0) is 23.8 Å². The molecule has 0 aromatic heterocycles. The standard InChI is InChI=1S/C15H14O3/c1-17-15-9-13(10-16)7-8-14(15)18-11-12-5-3-2-4-6-12/h2-10H,11H2,1H3/i10+1. The Hall–Kier alpha value is -2.29. The molecule has 0 saturated carbocycles. The lowest BCUT2D eigenvalue weighted by Gasteiger charge is -2.10. The van der Waals surface area contributed by atoms with Crippen molar-refractivity contribution in [1.29, 1.82) is 0 Å². The fourth-order valence-electron chi connectivity index (χ4n) is 1.61. The first-order chi connectivity index (χ1) is 8.83. The van der Waals surface area contributed by atoms with E-state index in [4.69, 9.17) is 9.47 Å². The van der Waals surface area contributed by atoms with Gasteiger partial charge < -0.3 is 9.47 Å². The van der Waals surface area contributed by atoms with Gasteiger partial charge in [-0.25, -0.2) is 0 Å². The molecule has 0 aliphatic rings. The van der Waals surface area contributed by atoms with Gasteiger partial charge in [-0.15, -0.1) is 0 Å². The number of benzene rings is 2. The fraction of sp³-hybridized carbons (Fsp3) is 0.133. The average molecular weight is 243 g/mol. The minimum atomic E-state index is 0.470. The van der Waals surface area contributed by atoms with Crippen LogP contribution in [0.25, 0.3) is 0 Å². The summed E-state index contributed by atoms with van der Waals surface area (Å²) in [7, 11) is 1.55. The van der Waals surface area contributed by atoms with Crippen LogP contribution in [0.3, 0.4) is 0 Å². The highest BCUT2D eigenvalue weighted by Gasteiger charge is 2.05. The number of carbonyl (C=O) groups is 1. The Morgan fingerprint density at radius 3 is 2.50 bits per heavy atom. The van der Waals surface area contributed by atoms with Crippen molar-refractivity contribution in [3.8, 4) is 11.5 Å². The summed E-state index contributed by atoms with van der Waals surface area (Å²) >= 11 is 0. The molecular formula is C15H14O3. The van der Waals surface area contributed by atoms with Crippen LogP contribution in [0.15, 0.2) is 48.5 Å². The van der Waals surface area contributed by atoms with E-state index in [2.05, 4.69) is 0 Å². The first kappa shape index (κ1) is 12.2. The molecule has 0 saturated heterocycles. The van der Waals surface area contributed by atoms with E-state index in [1.165, 1.54) is 0 Å². The van der Waals surface area contributed by atoms with E-state index < -0.39 is 0 Å². The SMILES string of the molecule is COc1cc([13CH]=O)ccc1OCc1ccccc1. The monoisotopic (exact) mass is 243 g/mol. The molecule has 0 atom stereocenters. The maximum atomic E-state index is 10.7. The van der Waals surface area contributed by atoms with Gasteiger partial charge in [-0.2, -0.15) is 0 Å². The van der Waals surface area contributed by atoms with Crippen LogP contribution in [0.1, 0.15) is 15.9 Å². The summed E-state index contributed by atoms with van der Waals surface area (Å²) in [5.74, 6) is 1.20. The third kappa shape index (κ3) is 2.88. The van der Waals surface area contributed by atoms with Crippen LogP contribution < -0.4 is 9.47 Å². The second kappa shape index (κ2) is 5.87. The highest BCUT2D eigenvalue weighted by Crippen LogP contribution is 2.28. The summed E-state index contributed by atoms with van der Waals surface area (Å²) in [6.45, 7) is 0.470. The average Bonchev–Trinajstić information content (AvgIpc) is 2.46. The van der Waals surface area contributed by atoms with Gasteiger partial charge in [-0.1, -0.05) is 30.3 Å². The van der Waals surface area contributed by atoms with Crippen molar-refractivity contribution in [2.24, 2.45) is 0 Å². The number of aldehydes is 1. The summed E-state index contributed by atoms with van der Waals surface area (Å²) in [6, 6.07) is 15.0. The molecule has 0 aliphatic heterocycles. The predicted octanol–water partition coefficient (Wildman–Crippen LogP) is 3.09. The molecule has 0 heterocycles. The van der Waals surface area contributed by atoms with Crippen LogP contribution >= 0.6 is 0 Å². The Balaban J connectivity index is 2.11. The van der Waals surface area contributed by atoms with Crippen molar-refractivity contribution in [3.05, 3.63) is 59.7 Å². The third-order valence-corrected chi connectivity index (χ3v) is 2.56. The maximum Gasteiger partial charge on any atom is 0.161 e. The van der Waals surface area contributed by atoms with Gasteiger partial charge in [0, 0.05) is 5.56 Å². The van der Waals surface area contributed by atoms with E-state index >= 15 is 0 Å². The number of ether oxygens (including phenoxy) is 2. The van der Waals surface area contributed by atoms with Gasteiger partial charge in [0.15, 0.2) is 11.5 Å². The zero-order valence-electron chi connectivity index (χ0n) is 10.1. The zero-order valence-corrected chi connectivity index (χ0v) is 10.1. The van der Waals surface area contributed by atoms with Crippen LogP contribution in [0.2, 0.25) is 0 Å². The van der Waals surface area contributed by atoms with Crippen molar-refractivity contribution in [3.63, 3.8) is 0 Å². The Morgan fingerprint density at radius 2 is 1.83 bits per heavy atom. The number of methoxy groups -OCH3 is 1. The number of hydrogen-bond acceptors (Lipinski definition) is 3. The lowest BCUT2D eigenvalue weighted by molar-refractivity contribution is 0.112. The minimum absolute atomic E-state index is 0.470. The molecule has 18 heavy (non-hydrogen) atoms. The van der Waals surface area contributed by atoms with E-state index in [1.54, 1.807) is 25.3 Å². The second-order valence-electron chi connectivity index (χ2n) is 3.80. The number of rotatable bonds is 5. The molecule has 3 nitrogen and oxygen atoms in total. The zero-order chi connectivity index (χ0) is 12.8. The van der Waals surface area contributed by atoms with Gasteiger partial charge in [-0.3, -0.25) is 4.79 Å². The first-order valence-corrected chi connectivity index (χ1v) is 5.63. The molecule has 0 bridgehead atoms. The summed E-state index contributed by atoms with van der Waals surface area (Å²) in [6.07, 6.45) is 0.781. The number of carbonyl (C=O) groups excluding carboxylic acids is 1. The molecule has 0 spiro atoms. The van der Waals surface area contributed by atoms with Crippen molar-refractivity contribution < 1.29 is 14.3 Å². The Labute approximate surface area is 106 Å². The van der Waals surface area contributed by atoms with Gasteiger partial charge in [0.1, 0.15) is 12.9 Å². The van der Waals surface area contributed by atoms with E-state index in [9.17, 15) is 4.79 Å². The first-order valence-electron chi connectivity index (χ1n) is 5.63. The van der Waals surface area contributed by atoms with E-state index in [0.29, 0.717) is 23.7 Å². The summed E-state index contributed by atoms with van der Waals surface area (Å²) in [5, 5.41) is 0. The van der Waals surface area contributed by atoms with Crippen LogP contribution in [-0.4, -0.2) is 13.4 Å².